The minimum atomic E-state index is -0.170. The Morgan fingerprint density at radius 3 is 2.71 bits per heavy atom. The molecule has 1 aromatic carbocycles. The average Bonchev–Trinajstić information content (AvgIpc) is 3.06. The van der Waals surface area contributed by atoms with Crippen LogP contribution >= 0.6 is 11.6 Å². The zero-order valence-electron chi connectivity index (χ0n) is 13.2. The summed E-state index contributed by atoms with van der Waals surface area (Å²) in [4.78, 5) is 23.8. The Labute approximate surface area is 143 Å². The first-order valence-corrected chi connectivity index (χ1v) is 8.19. The first-order valence-electron chi connectivity index (χ1n) is 7.81. The van der Waals surface area contributed by atoms with Crippen LogP contribution in [0.25, 0.3) is 11.0 Å². The average molecular weight is 345 g/mol. The fraction of sp³-hybridized carbons (Fsp3) is 0.312. The van der Waals surface area contributed by atoms with Gasteiger partial charge in [0.25, 0.3) is 5.56 Å². The van der Waals surface area contributed by atoms with Crippen molar-refractivity contribution < 1.29 is 0 Å². The maximum absolute atomic E-state index is 12.1. The molecule has 124 valence electrons. The zero-order chi connectivity index (χ0) is 16.7. The molecule has 1 saturated heterocycles. The molecule has 0 bridgehead atoms. The highest BCUT2D eigenvalue weighted by molar-refractivity contribution is 6.30. The molecule has 0 atom stereocenters. The summed E-state index contributed by atoms with van der Waals surface area (Å²) in [6, 6.07) is 5.95. The molecule has 0 radical (unpaired) electrons. The predicted octanol–water partition coefficient (Wildman–Crippen LogP) is 1.93. The number of fused-ring (bicyclic) bond motifs is 1. The number of aryl methyl sites for hydroxylation is 1. The second-order valence-corrected chi connectivity index (χ2v) is 6.36. The third-order valence-electron chi connectivity index (χ3n) is 4.40. The molecule has 0 aliphatic carbocycles. The third-order valence-corrected chi connectivity index (χ3v) is 4.63. The summed E-state index contributed by atoms with van der Waals surface area (Å²) in [5.41, 5.74) is 2.71. The molecule has 3 aromatic rings. The summed E-state index contributed by atoms with van der Waals surface area (Å²) >= 11 is 6.13. The highest BCUT2D eigenvalue weighted by Gasteiger charge is 2.21. The summed E-state index contributed by atoms with van der Waals surface area (Å²) in [6.45, 7) is 5.31. The molecule has 3 heterocycles. The van der Waals surface area contributed by atoms with Gasteiger partial charge in [0.15, 0.2) is 5.65 Å². The molecule has 0 amide bonds. The number of halogens is 1. The topological polar surface area (TPSA) is 80.9 Å². The van der Waals surface area contributed by atoms with E-state index < -0.39 is 0 Å². The van der Waals surface area contributed by atoms with Crippen molar-refractivity contribution in [1.82, 2.24) is 20.2 Å². The van der Waals surface area contributed by atoms with Crippen LogP contribution in [0.4, 0.5) is 11.6 Å². The monoisotopic (exact) mass is 344 g/mol. The van der Waals surface area contributed by atoms with Crippen molar-refractivity contribution in [3.8, 4) is 0 Å². The second-order valence-electron chi connectivity index (χ2n) is 5.93. The molecule has 8 heteroatoms. The molecule has 24 heavy (non-hydrogen) atoms. The van der Waals surface area contributed by atoms with Crippen LogP contribution in [0.5, 0.6) is 0 Å². The van der Waals surface area contributed by atoms with Gasteiger partial charge in [-0.1, -0.05) is 17.7 Å². The van der Waals surface area contributed by atoms with Crippen molar-refractivity contribution >= 4 is 34.3 Å². The van der Waals surface area contributed by atoms with E-state index in [2.05, 4.69) is 36.9 Å². The van der Waals surface area contributed by atoms with E-state index in [9.17, 15) is 4.79 Å². The number of benzene rings is 1. The molecule has 2 N–H and O–H groups in total. The van der Waals surface area contributed by atoms with Crippen LogP contribution in [0.2, 0.25) is 5.02 Å². The van der Waals surface area contributed by atoms with Crippen molar-refractivity contribution in [3.05, 3.63) is 45.3 Å². The molecule has 0 spiro atoms. The van der Waals surface area contributed by atoms with Crippen LogP contribution in [0.3, 0.4) is 0 Å². The number of hydrogen-bond acceptors (Lipinski definition) is 5. The smallest absolute Gasteiger partial charge is 0.263 e. The lowest BCUT2D eigenvalue weighted by molar-refractivity contribution is 0.639. The lowest BCUT2D eigenvalue weighted by Gasteiger charge is -2.37. The number of nitrogens with one attached hydrogen (secondary N) is 2. The molecule has 1 aliphatic heterocycles. The first kappa shape index (κ1) is 15.0. The van der Waals surface area contributed by atoms with Gasteiger partial charge in [-0.3, -0.25) is 14.9 Å². The van der Waals surface area contributed by atoms with Crippen molar-refractivity contribution in [2.24, 2.45) is 0 Å². The fourth-order valence-corrected chi connectivity index (χ4v) is 3.23. The molecular weight excluding hydrogens is 328 g/mol. The SMILES string of the molecule is Cc1ccc(Cl)cc1N1CCN(c2nc3[nH]ncc3c(=O)[nH]2)CC1. The highest BCUT2D eigenvalue weighted by atomic mass is 35.5. The molecule has 4 rings (SSSR count). The number of hydrogen-bond donors (Lipinski definition) is 2. The number of anilines is 2. The highest BCUT2D eigenvalue weighted by Crippen LogP contribution is 2.25. The van der Waals surface area contributed by atoms with Gasteiger partial charge >= 0.3 is 0 Å². The Balaban J connectivity index is 1.55. The van der Waals surface area contributed by atoms with Gasteiger partial charge in [-0.15, -0.1) is 0 Å². The number of aromatic nitrogens is 4. The summed E-state index contributed by atoms with van der Waals surface area (Å²) < 4.78 is 0. The van der Waals surface area contributed by atoms with Crippen LogP contribution in [0.1, 0.15) is 5.56 Å². The summed E-state index contributed by atoms with van der Waals surface area (Å²) in [5.74, 6) is 0.583. The first-order chi connectivity index (χ1) is 11.6. The van der Waals surface area contributed by atoms with E-state index in [-0.39, 0.29) is 5.56 Å². The van der Waals surface area contributed by atoms with Gasteiger partial charge in [0.2, 0.25) is 5.95 Å². The maximum atomic E-state index is 12.1. The lowest BCUT2D eigenvalue weighted by Crippen LogP contribution is -2.47. The molecule has 1 fully saturated rings. The van der Waals surface area contributed by atoms with Crippen LogP contribution in [-0.2, 0) is 0 Å². The normalized spacial score (nSPS) is 15.2. The Bertz CT molecular complexity index is 941. The summed E-state index contributed by atoms with van der Waals surface area (Å²) in [6.07, 6.45) is 1.49. The van der Waals surface area contributed by atoms with Gasteiger partial charge in [-0.2, -0.15) is 10.1 Å². The number of aromatic amines is 2. The molecule has 0 saturated carbocycles. The molecule has 7 nitrogen and oxygen atoms in total. The third kappa shape index (κ3) is 2.60. The van der Waals surface area contributed by atoms with Crippen LogP contribution in [-0.4, -0.2) is 46.3 Å². The van der Waals surface area contributed by atoms with Crippen LogP contribution < -0.4 is 15.4 Å². The van der Waals surface area contributed by atoms with Crippen molar-refractivity contribution in [1.29, 1.82) is 0 Å². The number of H-pyrrole nitrogens is 2. The number of piperazine rings is 1. The summed E-state index contributed by atoms with van der Waals surface area (Å²) in [7, 11) is 0. The van der Waals surface area contributed by atoms with E-state index in [1.54, 1.807) is 0 Å². The Hall–Kier alpha value is -2.54. The Morgan fingerprint density at radius 2 is 1.92 bits per heavy atom. The van der Waals surface area contributed by atoms with Crippen LogP contribution in [0, 0.1) is 6.92 Å². The molecular formula is C16H17ClN6O. The van der Waals surface area contributed by atoms with Gasteiger partial charge in [0.05, 0.1) is 6.20 Å². The zero-order valence-corrected chi connectivity index (χ0v) is 14.0. The van der Waals surface area contributed by atoms with Gasteiger partial charge in [0, 0.05) is 36.9 Å². The number of rotatable bonds is 2. The second kappa shape index (κ2) is 5.83. The standard InChI is InChI=1S/C16H17ClN6O/c1-10-2-3-11(17)8-13(10)22-4-6-23(7-5-22)16-19-14-12(9-18-21-14)15(24)20-16/h2-3,8-9H,4-7H2,1H3,(H2,18,19,20,21,24). The van der Waals surface area contributed by atoms with E-state index in [1.807, 2.05) is 18.2 Å². The Morgan fingerprint density at radius 1 is 1.17 bits per heavy atom. The van der Waals surface area contributed by atoms with Crippen molar-refractivity contribution in [2.75, 3.05) is 36.0 Å². The number of nitrogens with zero attached hydrogens (tertiary/aromatic N) is 4. The lowest BCUT2D eigenvalue weighted by atomic mass is 10.1. The van der Waals surface area contributed by atoms with Crippen molar-refractivity contribution in [2.45, 2.75) is 6.92 Å². The van der Waals surface area contributed by atoms with Crippen LogP contribution in [0.15, 0.2) is 29.2 Å². The fourth-order valence-electron chi connectivity index (χ4n) is 3.07. The predicted molar refractivity (Wildman–Crippen MR) is 95.1 cm³/mol. The molecule has 1 aliphatic rings. The van der Waals surface area contributed by atoms with Gasteiger partial charge in [-0.05, 0) is 24.6 Å². The van der Waals surface area contributed by atoms with Gasteiger partial charge in [-0.25, -0.2) is 0 Å². The van der Waals surface area contributed by atoms with E-state index in [0.29, 0.717) is 17.0 Å². The Kier molecular flexibility index (Phi) is 3.65. The van der Waals surface area contributed by atoms with E-state index in [4.69, 9.17) is 11.6 Å². The van der Waals surface area contributed by atoms with E-state index in [1.165, 1.54) is 11.8 Å². The minimum Gasteiger partial charge on any atom is -0.368 e. The largest absolute Gasteiger partial charge is 0.368 e. The van der Waals surface area contributed by atoms with Crippen molar-refractivity contribution in [3.63, 3.8) is 0 Å². The van der Waals surface area contributed by atoms with Gasteiger partial charge in [0.1, 0.15) is 5.39 Å². The minimum absolute atomic E-state index is 0.170. The van der Waals surface area contributed by atoms with E-state index in [0.717, 1.165) is 36.9 Å². The van der Waals surface area contributed by atoms with E-state index >= 15 is 0 Å². The maximum Gasteiger partial charge on any atom is 0.263 e. The van der Waals surface area contributed by atoms with Gasteiger partial charge < -0.3 is 9.80 Å². The quantitative estimate of drug-likeness (QED) is 0.742. The summed E-state index contributed by atoms with van der Waals surface area (Å²) in [5, 5.41) is 7.85. The molecule has 0 unspecified atom stereocenters. The molecule has 2 aromatic heterocycles.